The lowest BCUT2D eigenvalue weighted by Crippen LogP contribution is -2.45. The SMILES string of the molecule is c1ccc(-[n+]2cnc[n+](-c3ccc4c(c3)Cc3ccccc3-4)c2)nc1. The summed E-state index contributed by atoms with van der Waals surface area (Å²) in [5, 5.41) is 0. The Morgan fingerprint density at radius 3 is 2.52 bits per heavy atom. The summed E-state index contributed by atoms with van der Waals surface area (Å²) >= 11 is 0. The molecule has 0 spiro atoms. The molecule has 2 aromatic heterocycles. The number of hydrogen-bond donors (Lipinski definition) is 0. The Hall–Kier alpha value is -3.40. The third-order valence-electron chi connectivity index (χ3n) is 4.62. The van der Waals surface area contributed by atoms with Gasteiger partial charge in [-0.05, 0) is 62.9 Å². The normalized spacial score (nSPS) is 11.8. The number of fused-ring (bicyclic) bond motifs is 3. The molecule has 4 nitrogen and oxygen atoms in total. The number of pyridine rings is 1. The van der Waals surface area contributed by atoms with Gasteiger partial charge in [0.25, 0.3) is 12.7 Å². The predicted octanol–water partition coefficient (Wildman–Crippen LogP) is 2.60. The van der Waals surface area contributed by atoms with Crippen LogP contribution in [0.5, 0.6) is 0 Å². The highest BCUT2D eigenvalue weighted by atomic mass is 15.2. The van der Waals surface area contributed by atoms with E-state index in [0.717, 1.165) is 17.9 Å². The van der Waals surface area contributed by atoms with Crippen LogP contribution in [-0.2, 0) is 6.42 Å². The van der Waals surface area contributed by atoms with Crippen molar-refractivity contribution in [2.24, 2.45) is 0 Å². The standard InChI is InChI=1S/C21H16N4/c1-2-6-19-16(5-1)11-17-12-18(8-9-20(17)19)24-13-22-14-25(15-24)21-7-3-4-10-23-21/h1-10,12-15H,11H2/q+2. The van der Waals surface area contributed by atoms with Crippen molar-refractivity contribution < 1.29 is 9.13 Å². The number of hydrogen-bond acceptors (Lipinski definition) is 2. The van der Waals surface area contributed by atoms with E-state index >= 15 is 0 Å². The highest BCUT2D eigenvalue weighted by Gasteiger charge is 2.20. The molecule has 0 unspecified atom stereocenters. The fraction of sp³-hybridized carbons (Fsp3) is 0.0476. The van der Waals surface area contributed by atoms with E-state index in [1.165, 1.54) is 22.3 Å². The topological polar surface area (TPSA) is 33.5 Å². The second kappa shape index (κ2) is 5.60. The van der Waals surface area contributed by atoms with E-state index in [4.69, 9.17) is 0 Å². The van der Waals surface area contributed by atoms with E-state index in [9.17, 15) is 0 Å². The Morgan fingerprint density at radius 2 is 1.60 bits per heavy atom. The van der Waals surface area contributed by atoms with Gasteiger partial charge in [0.1, 0.15) is 11.9 Å². The van der Waals surface area contributed by atoms with E-state index in [1.54, 1.807) is 12.5 Å². The Morgan fingerprint density at radius 1 is 0.760 bits per heavy atom. The lowest BCUT2D eigenvalue weighted by atomic mass is 10.1. The molecule has 5 rings (SSSR count). The molecule has 0 atom stereocenters. The Kier molecular flexibility index (Phi) is 3.13. The van der Waals surface area contributed by atoms with E-state index < -0.39 is 0 Å². The van der Waals surface area contributed by atoms with Crippen LogP contribution in [0, 0.1) is 0 Å². The van der Waals surface area contributed by atoms with Crippen molar-refractivity contribution in [1.29, 1.82) is 0 Å². The second-order valence-electron chi connectivity index (χ2n) is 6.17. The summed E-state index contributed by atoms with van der Waals surface area (Å²) in [6.07, 6.45) is 8.36. The van der Waals surface area contributed by atoms with Gasteiger partial charge in [-0.2, -0.15) is 4.57 Å². The summed E-state index contributed by atoms with van der Waals surface area (Å²) < 4.78 is 3.94. The maximum atomic E-state index is 4.38. The summed E-state index contributed by atoms with van der Waals surface area (Å²) in [5.74, 6) is 0.845. The first-order valence-electron chi connectivity index (χ1n) is 8.29. The number of benzene rings is 2. The molecule has 2 heterocycles. The van der Waals surface area contributed by atoms with Crippen LogP contribution in [0.4, 0.5) is 0 Å². The maximum absolute atomic E-state index is 4.38. The van der Waals surface area contributed by atoms with E-state index in [2.05, 4.69) is 52.4 Å². The number of nitrogens with zero attached hydrogens (tertiary/aromatic N) is 4. The van der Waals surface area contributed by atoms with E-state index in [1.807, 2.05) is 40.0 Å². The predicted molar refractivity (Wildman–Crippen MR) is 93.3 cm³/mol. The average molecular weight is 324 g/mol. The van der Waals surface area contributed by atoms with Gasteiger partial charge < -0.3 is 0 Å². The molecule has 0 saturated carbocycles. The second-order valence-corrected chi connectivity index (χ2v) is 6.17. The van der Waals surface area contributed by atoms with Crippen LogP contribution in [0.1, 0.15) is 11.1 Å². The molecule has 4 heteroatoms. The molecule has 4 aromatic rings. The first kappa shape index (κ1) is 14.0. The molecule has 0 amide bonds. The summed E-state index contributed by atoms with van der Waals surface area (Å²) in [6.45, 7) is 0. The van der Waals surface area contributed by atoms with Crippen LogP contribution in [-0.4, -0.2) is 9.97 Å². The molecule has 0 saturated heterocycles. The zero-order valence-corrected chi connectivity index (χ0v) is 13.6. The van der Waals surface area contributed by atoms with Crippen molar-refractivity contribution in [2.75, 3.05) is 0 Å². The molecule has 0 aliphatic heterocycles. The van der Waals surface area contributed by atoms with E-state index in [-0.39, 0.29) is 0 Å². The quantitative estimate of drug-likeness (QED) is 0.468. The molecule has 0 radical (unpaired) electrons. The van der Waals surface area contributed by atoms with Gasteiger partial charge in [0, 0.05) is 6.07 Å². The minimum atomic E-state index is 0.845. The summed E-state index contributed by atoms with van der Waals surface area (Å²) in [6, 6.07) is 21.1. The van der Waals surface area contributed by atoms with Crippen molar-refractivity contribution in [3.05, 3.63) is 97.0 Å². The van der Waals surface area contributed by atoms with Gasteiger partial charge in [0.2, 0.25) is 0 Å². The largest absolute Gasteiger partial charge is 0.333 e. The third-order valence-corrected chi connectivity index (χ3v) is 4.62. The van der Waals surface area contributed by atoms with Crippen LogP contribution in [0.15, 0.2) is 85.8 Å². The molecule has 118 valence electrons. The molecule has 2 aromatic carbocycles. The Labute approximate surface area is 145 Å². The lowest BCUT2D eigenvalue weighted by molar-refractivity contribution is -0.742. The molecule has 1 aliphatic carbocycles. The van der Waals surface area contributed by atoms with Gasteiger partial charge in [0.15, 0.2) is 0 Å². The molecule has 1 aliphatic rings. The van der Waals surface area contributed by atoms with Gasteiger partial charge in [-0.25, -0.2) is 0 Å². The van der Waals surface area contributed by atoms with Gasteiger partial charge in [-0.1, -0.05) is 30.3 Å². The highest BCUT2D eigenvalue weighted by molar-refractivity contribution is 5.77. The van der Waals surface area contributed by atoms with Crippen LogP contribution in [0.2, 0.25) is 0 Å². The molecular weight excluding hydrogens is 308 g/mol. The fourth-order valence-electron chi connectivity index (χ4n) is 3.42. The molecular formula is C21H16N4+2. The van der Waals surface area contributed by atoms with Gasteiger partial charge in [-0.3, -0.25) is 0 Å². The summed E-state index contributed by atoms with van der Waals surface area (Å²) in [7, 11) is 0. The van der Waals surface area contributed by atoms with Crippen LogP contribution < -0.4 is 9.13 Å². The lowest BCUT2D eigenvalue weighted by Gasteiger charge is -2.03. The first-order valence-corrected chi connectivity index (χ1v) is 8.29. The van der Waals surface area contributed by atoms with Gasteiger partial charge in [-0.15, -0.1) is 4.57 Å². The average Bonchev–Trinajstić information content (AvgIpc) is 3.06. The van der Waals surface area contributed by atoms with Gasteiger partial charge >= 0.3 is 12.1 Å². The minimum absolute atomic E-state index is 0.845. The molecule has 0 N–H and O–H groups in total. The summed E-state index contributed by atoms with van der Waals surface area (Å²) in [4.78, 5) is 8.73. The zero-order chi connectivity index (χ0) is 16.6. The van der Waals surface area contributed by atoms with Crippen molar-refractivity contribution in [2.45, 2.75) is 6.42 Å². The zero-order valence-electron chi connectivity index (χ0n) is 13.6. The highest BCUT2D eigenvalue weighted by Crippen LogP contribution is 2.36. The number of aromatic nitrogens is 4. The first-order chi connectivity index (χ1) is 12.4. The summed E-state index contributed by atoms with van der Waals surface area (Å²) in [5.41, 5.74) is 6.54. The van der Waals surface area contributed by atoms with E-state index in [0.29, 0.717) is 0 Å². The fourth-order valence-corrected chi connectivity index (χ4v) is 3.42. The third kappa shape index (κ3) is 2.39. The molecule has 25 heavy (non-hydrogen) atoms. The maximum Gasteiger partial charge on any atom is 0.333 e. The monoisotopic (exact) mass is 324 g/mol. The van der Waals surface area contributed by atoms with Gasteiger partial charge in [0.05, 0.1) is 0 Å². The Balaban J connectivity index is 1.56. The molecule has 0 fully saturated rings. The van der Waals surface area contributed by atoms with Crippen molar-refractivity contribution in [3.8, 4) is 22.6 Å². The van der Waals surface area contributed by atoms with Crippen LogP contribution in [0.25, 0.3) is 22.6 Å². The minimum Gasteiger partial charge on any atom is -0.167 e. The van der Waals surface area contributed by atoms with Crippen molar-refractivity contribution in [1.82, 2.24) is 9.97 Å². The Bertz CT molecular complexity index is 1070. The van der Waals surface area contributed by atoms with Crippen LogP contribution in [0.3, 0.4) is 0 Å². The van der Waals surface area contributed by atoms with Crippen LogP contribution >= 0.6 is 0 Å². The smallest absolute Gasteiger partial charge is 0.167 e. The molecule has 0 bridgehead atoms. The van der Waals surface area contributed by atoms with Crippen molar-refractivity contribution >= 4 is 0 Å². The number of rotatable bonds is 2. The van der Waals surface area contributed by atoms with Crippen molar-refractivity contribution in [3.63, 3.8) is 0 Å².